The Morgan fingerprint density at radius 3 is 2.91 bits per heavy atom. The molecule has 0 bridgehead atoms. The SMILES string of the molecule is CC1(C(O)CCNc2ncc(Cl)c(-c3cc4c(C(=O)NC5CC5)cccc4s3)n2)CCNCC1. The van der Waals surface area contributed by atoms with E-state index in [0.717, 1.165) is 53.7 Å². The van der Waals surface area contributed by atoms with Gasteiger partial charge in [0, 0.05) is 28.2 Å². The first-order chi connectivity index (χ1) is 16.4. The summed E-state index contributed by atoms with van der Waals surface area (Å²) >= 11 is 8.03. The minimum absolute atomic E-state index is 0.0328. The van der Waals surface area contributed by atoms with Crippen LogP contribution in [0.15, 0.2) is 30.5 Å². The molecule has 9 heteroatoms. The van der Waals surface area contributed by atoms with Gasteiger partial charge >= 0.3 is 0 Å². The van der Waals surface area contributed by atoms with Crippen molar-refractivity contribution in [3.63, 3.8) is 0 Å². The molecule has 1 saturated carbocycles. The number of piperidine rings is 1. The second-order valence-corrected chi connectivity index (χ2v) is 11.1. The number of aliphatic hydroxyl groups excluding tert-OH is 1. The number of amides is 1. The van der Waals surface area contributed by atoms with Crippen molar-refractivity contribution in [3.8, 4) is 10.6 Å². The van der Waals surface area contributed by atoms with Gasteiger partial charge in [-0.25, -0.2) is 9.97 Å². The van der Waals surface area contributed by atoms with Crippen molar-refractivity contribution in [2.24, 2.45) is 5.41 Å². The van der Waals surface area contributed by atoms with Crippen LogP contribution in [0, 0.1) is 5.41 Å². The Morgan fingerprint density at radius 1 is 1.35 bits per heavy atom. The molecule has 4 N–H and O–H groups in total. The van der Waals surface area contributed by atoms with Crippen LogP contribution >= 0.6 is 22.9 Å². The second kappa shape index (κ2) is 9.77. The van der Waals surface area contributed by atoms with Gasteiger partial charge in [0.25, 0.3) is 5.91 Å². The smallest absolute Gasteiger partial charge is 0.252 e. The van der Waals surface area contributed by atoms with Crippen LogP contribution in [0.25, 0.3) is 20.7 Å². The third-order valence-corrected chi connectivity index (χ3v) is 8.33. The Morgan fingerprint density at radius 2 is 2.15 bits per heavy atom. The van der Waals surface area contributed by atoms with Crippen LogP contribution in [-0.2, 0) is 0 Å². The van der Waals surface area contributed by atoms with Gasteiger partial charge in [-0.3, -0.25) is 4.79 Å². The molecule has 0 spiro atoms. The number of aromatic nitrogens is 2. The number of nitrogens with one attached hydrogen (secondary N) is 3. The first-order valence-corrected chi connectivity index (χ1v) is 13.1. The predicted molar refractivity (Wildman–Crippen MR) is 138 cm³/mol. The van der Waals surface area contributed by atoms with Gasteiger partial charge in [-0.1, -0.05) is 24.6 Å². The van der Waals surface area contributed by atoms with Crippen molar-refractivity contribution < 1.29 is 9.90 Å². The number of anilines is 1. The summed E-state index contributed by atoms with van der Waals surface area (Å²) in [6.45, 7) is 4.63. The monoisotopic (exact) mass is 499 g/mol. The van der Waals surface area contributed by atoms with Gasteiger partial charge in [0.05, 0.1) is 22.2 Å². The van der Waals surface area contributed by atoms with Crippen LogP contribution in [-0.4, -0.2) is 52.8 Å². The predicted octanol–water partition coefficient (Wildman–Crippen LogP) is 4.46. The zero-order valence-corrected chi connectivity index (χ0v) is 20.8. The molecule has 34 heavy (non-hydrogen) atoms. The molecular formula is C25H30ClN5O2S. The molecule has 1 unspecified atom stereocenters. The zero-order valence-electron chi connectivity index (χ0n) is 19.2. The molecule has 1 aliphatic heterocycles. The van der Waals surface area contributed by atoms with Crippen molar-refractivity contribution in [3.05, 3.63) is 41.0 Å². The molecule has 0 radical (unpaired) electrons. The maximum absolute atomic E-state index is 12.7. The third kappa shape index (κ3) is 5.05. The van der Waals surface area contributed by atoms with Crippen LogP contribution in [0.3, 0.4) is 0 Å². The van der Waals surface area contributed by atoms with Gasteiger partial charge in [0.2, 0.25) is 5.95 Å². The summed E-state index contributed by atoms with van der Waals surface area (Å²) < 4.78 is 1.01. The minimum atomic E-state index is -0.378. The number of aliphatic hydroxyl groups is 1. The molecule has 1 amide bonds. The van der Waals surface area contributed by atoms with E-state index in [9.17, 15) is 9.90 Å². The van der Waals surface area contributed by atoms with E-state index in [0.29, 0.717) is 41.2 Å². The summed E-state index contributed by atoms with van der Waals surface area (Å²) in [6.07, 6.45) is 5.90. The van der Waals surface area contributed by atoms with E-state index < -0.39 is 0 Å². The normalized spacial score (nSPS) is 18.6. The number of hydrogen-bond acceptors (Lipinski definition) is 7. The Balaban J connectivity index is 1.31. The van der Waals surface area contributed by atoms with Crippen LogP contribution in [0.1, 0.15) is 49.4 Å². The number of fused-ring (bicyclic) bond motifs is 1. The van der Waals surface area contributed by atoms with Gasteiger partial charge < -0.3 is 21.1 Å². The summed E-state index contributed by atoms with van der Waals surface area (Å²) in [6, 6.07) is 8.07. The molecule has 1 atom stereocenters. The molecule has 5 rings (SSSR count). The molecule has 2 aliphatic rings. The number of nitrogens with zero attached hydrogens (tertiary/aromatic N) is 2. The van der Waals surface area contributed by atoms with Crippen molar-refractivity contribution in [2.75, 3.05) is 25.0 Å². The van der Waals surface area contributed by atoms with E-state index in [-0.39, 0.29) is 17.4 Å². The molecule has 180 valence electrons. The number of hydrogen-bond donors (Lipinski definition) is 4. The molecule has 3 aromatic rings. The van der Waals surface area contributed by atoms with Gasteiger partial charge in [0.15, 0.2) is 0 Å². The van der Waals surface area contributed by atoms with Crippen molar-refractivity contribution in [2.45, 2.75) is 51.2 Å². The van der Waals surface area contributed by atoms with E-state index in [2.05, 4.69) is 32.8 Å². The van der Waals surface area contributed by atoms with Gasteiger partial charge in [-0.05, 0) is 68.8 Å². The summed E-state index contributed by atoms with van der Waals surface area (Å²) in [7, 11) is 0. The van der Waals surface area contributed by atoms with E-state index >= 15 is 0 Å². The van der Waals surface area contributed by atoms with Crippen molar-refractivity contribution in [1.82, 2.24) is 20.6 Å². The summed E-state index contributed by atoms with van der Waals surface area (Å²) in [5.74, 6) is 0.445. The van der Waals surface area contributed by atoms with E-state index in [1.165, 1.54) is 0 Å². The van der Waals surface area contributed by atoms with Gasteiger partial charge in [-0.15, -0.1) is 11.3 Å². The molecule has 3 heterocycles. The number of halogens is 1. The quantitative estimate of drug-likeness (QED) is 0.365. The first-order valence-electron chi connectivity index (χ1n) is 11.9. The average Bonchev–Trinajstić information content (AvgIpc) is 3.54. The van der Waals surface area contributed by atoms with Crippen LogP contribution in [0.2, 0.25) is 5.02 Å². The Hall–Kier alpha value is -2.26. The van der Waals surface area contributed by atoms with Gasteiger partial charge in [0.1, 0.15) is 5.69 Å². The summed E-state index contributed by atoms with van der Waals surface area (Å²) in [5.41, 5.74) is 1.26. The van der Waals surface area contributed by atoms with E-state index in [4.69, 9.17) is 11.6 Å². The zero-order chi connectivity index (χ0) is 23.7. The largest absolute Gasteiger partial charge is 0.392 e. The standard InChI is InChI=1S/C25H30ClN5O2S/c1-25(8-11-27-12-9-25)21(32)7-10-28-24-29-14-18(26)22(31-24)20-13-17-16(3-2-4-19(17)34-20)23(33)30-15-5-6-15/h2-4,13-15,21,27,32H,5-12H2,1H3,(H,30,33)(H,28,29,31). The fraction of sp³-hybridized carbons (Fsp3) is 0.480. The highest BCUT2D eigenvalue weighted by molar-refractivity contribution is 7.22. The van der Waals surface area contributed by atoms with E-state index in [1.54, 1.807) is 17.5 Å². The average molecular weight is 500 g/mol. The number of rotatable bonds is 8. The third-order valence-electron chi connectivity index (χ3n) is 6.95. The number of carbonyl (C=O) groups is 1. The number of carbonyl (C=O) groups excluding carboxylic acids is 1. The highest BCUT2D eigenvalue weighted by Crippen LogP contribution is 2.38. The molecule has 1 aromatic carbocycles. The molecule has 2 aromatic heterocycles. The lowest BCUT2D eigenvalue weighted by molar-refractivity contribution is 0.0114. The van der Waals surface area contributed by atoms with Gasteiger partial charge in [-0.2, -0.15) is 0 Å². The summed E-state index contributed by atoms with van der Waals surface area (Å²) in [4.78, 5) is 22.6. The lowest BCUT2D eigenvalue weighted by Gasteiger charge is -2.38. The fourth-order valence-electron chi connectivity index (χ4n) is 4.49. The lowest BCUT2D eigenvalue weighted by Crippen LogP contribution is -2.43. The van der Waals surface area contributed by atoms with Crippen LogP contribution in [0.5, 0.6) is 0 Å². The number of benzene rings is 1. The molecule has 7 nitrogen and oxygen atoms in total. The lowest BCUT2D eigenvalue weighted by atomic mass is 9.75. The Labute approximate surface area is 208 Å². The molecule has 2 fully saturated rings. The second-order valence-electron chi connectivity index (χ2n) is 9.60. The fourth-order valence-corrected chi connectivity index (χ4v) is 5.83. The Kier molecular flexibility index (Phi) is 6.75. The topological polar surface area (TPSA) is 99.2 Å². The first kappa shape index (κ1) is 23.5. The summed E-state index contributed by atoms with van der Waals surface area (Å²) in [5, 5.41) is 21.8. The molecular weight excluding hydrogens is 470 g/mol. The van der Waals surface area contributed by atoms with Crippen molar-refractivity contribution in [1.29, 1.82) is 0 Å². The Bertz CT molecular complexity index is 1190. The van der Waals surface area contributed by atoms with Crippen LogP contribution in [0.4, 0.5) is 5.95 Å². The minimum Gasteiger partial charge on any atom is -0.392 e. The number of thiophene rings is 1. The molecule has 1 aliphatic carbocycles. The van der Waals surface area contributed by atoms with E-state index in [1.807, 2.05) is 24.3 Å². The molecule has 1 saturated heterocycles. The highest BCUT2D eigenvalue weighted by Gasteiger charge is 2.33. The maximum atomic E-state index is 12.7. The van der Waals surface area contributed by atoms with Crippen LogP contribution < -0.4 is 16.0 Å². The maximum Gasteiger partial charge on any atom is 0.252 e. The van der Waals surface area contributed by atoms with Crippen molar-refractivity contribution >= 4 is 44.9 Å². The highest BCUT2D eigenvalue weighted by atomic mass is 35.5.